The molecule has 1 amide bonds. The fourth-order valence-electron chi connectivity index (χ4n) is 4.49. The Morgan fingerprint density at radius 1 is 1.24 bits per heavy atom. The number of carbonyl (C=O) groups is 1. The number of hydrogen-bond acceptors (Lipinski definition) is 5. The number of amides is 1. The Hall–Kier alpha value is -3.91. The number of imidazole rings is 1. The third kappa shape index (κ3) is 4.20. The molecule has 0 aliphatic carbocycles. The van der Waals surface area contributed by atoms with Crippen molar-refractivity contribution >= 4 is 22.4 Å². The molecule has 34 heavy (non-hydrogen) atoms. The summed E-state index contributed by atoms with van der Waals surface area (Å²) in [5, 5.41) is 21.2. The molecule has 5 rings (SSSR count). The van der Waals surface area contributed by atoms with E-state index < -0.39 is 0 Å². The lowest BCUT2D eigenvalue weighted by atomic mass is 9.97. The van der Waals surface area contributed by atoms with Crippen molar-refractivity contribution in [1.82, 2.24) is 30.4 Å². The van der Waals surface area contributed by atoms with Crippen LogP contribution in [0.25, 0.3) is 39.1 Å². The third-order valence-corrected chi connectivity index (χ3v) is 6.41. The van der Waals surface area contributed by atoms with E-state index in [1.807, 2.05) is 18.3 Å². The molecule has 2 aromatic heterocycles. The predicted molar refractivity (Wildman–Crippen MR) is 133 cm³/mol. The number of carbonyl (C=O) groups excluding carboxylic acids is 1. The van der Waals surface area contributed by atoms with Gasteiger partial charge in [0.1, 0.15) is 11.4 Å². The van der Waals surface area contributed by atoms with Crippen molar-refractivity contribution in [1.29, 1.82) is 0 Å². The van der Waals surface area contributed by atoms with E-state index in [1.54, 1.807) is 13.1 Å². The highest BCUT2D eigenvalue weighted by atomic mass is 16.3. The number of phenols is 1. The van der Waals surface area contributed by atoms with Crippen LogP contribution in [0.3, 0.4) is 0 Å². The van der Waals surface area contributed by atoms with Gasteiger partial charge in [-0.25, -0.2) is 4.98 Å². The summed E-state index contributed by atoms with van der Waals surface area (Å²) in [6, 6.07) is 11.7. The highest BCUT2D eigenvalue weighted by Crippen LogP contribution is 2.32. The summed E-state index contributed by atoms with van der Waals surface area (Å²) in [6.07, 6.45) is 5.36. The number of fused-ring (bicyclic) bond motifs is 1. The number of aromatic amines is 2. The molecule has 1 aliphatic heterocycles. The van der Waals surface area contributed by atoms with E-state index in [1.165, 1.54) is 5.57 Å². The summed E-state index contributed by atoms with van der Waals surface area (Å²) in [6.45, 7) is 4.43. The van der Waals surface area contributed by atoms with Crippen molar-refractivity contribution < 1.29 is 9.90 Å². The van der Waals surface area contributed by atoms with Crippen LogP contribution in [0.4, 0.5) is 0 Å². The molecule has 0 radical (unpaired) electrons. The number of aromatic hydroxyl groups is 1. The fraction of sp³-hybridized carbons (Fsp3) is 0.269. The molecule has 0 saturated carbocycles. The monoisotopic (exact) mass is 456 g/mol. The van der Waals surface area contributed by atoms with Gasteiger partial charge < -0.3 is 15.4 Å². The molecule has 0 fully saturated rings. The van der Waals surface area contributed by atoms with Gasteiger partial charge in [0.05, 0.1) is 17.4 Å². The maximum Gasteiger partial charge on any atom is 0.221 e. The molecule has 4 N–H and O–H groups in total. The van der Waals surface area contributed by atoms with Gasteiger partial charge in [0.25, 0.3) is 0 Å². The van der Waals surface area contributed by atoms with E-state index in [0.29, 0.717) is 6.42 Å². The predicted octanol–water partition coefficient (Wildman–Crippen LogP) is 3.72. The first-order valence-electron chi connectivity index (χ1n) is 11.5. The molecule has 8 nitrogen and oxygen atoms in total. The number of benzene rings is 2. The Morgan fingerprint density at radius 3 is 2.94 bits per heavy atom. The molecular weight excluding hydrogens is 428 g/mol. The van der Waals surface area contributed by atoms with Gasteiger partial charge in [-0.1, -0.05) is 25.1 Å². The van der Waals surface area contributed by atoms with E-state index in [9.17, 15) is 9.90 Å². The molecule has 1 aliphatic rings. The van der Waals surface area contributed by atoms with Crippen LogP contribution in [0.2, 0.25) is 0 Å². The number of H-pyrrole nitrogens is 2. The zero-order valence-electron chi connectivity index (χ0n) is 19.4. The summed E-state index contributed by atoms with van der Waals surface area (Å²) in [7, 11) is 1.66. The Kier molecular flexibility index (Phi) is 5.90. The van der Waals surface area contributed by atoms with E-state index in [0.717, 1.165) is 70.9 Å². The van der Waals surface area contributed by atoms with Crippen molar-refractivity contribution in [3.05, 3.63) is 59.9 Å². The summed E-state index contributed by atoms with van der Waals surface area (Å²) in [5.41, 5.74) is 7.15. The molecule has 8 heteroatoms. The number of phenolic OH excluding ortho intramolecular Hbond substituents is 1. The number of aryl methyl sites for hydroxylation is 1. The third-order valence-electron chi connectivity index (χ3n) is 6.41. The number of rotatable bonds is 7. The molecule has 2 aromatic carbocycles. The molecule has 0 atom stereocenters. The lowest BCUT2D eigenvalue weighted by molar-refractivity contribution is -0.120. The second-order valence-electron chi connectivity index (χ2n) is 8.56. The van der Waals surface area contributed by atoms with Crippen LogP contribution in [0.1, 0.15) is 24.6 Å². The molecule has 4 aromatic rings. The molecule has 3 heterocycles. The average Bonchev–Trinajstić information content (AvgIpc) is 3.61. The molecule has 0 saturated heterocycles. The second kappa shape index (κ2) is 9.15. The van der Waals surface area contributed by atoms with Gasteiger partial charge >= 0.3 is 0 Å². The summed E-state index contributed by atoms with van der Waals surface area (Å²) >= 11 is 0. The minimum atomic E-state index is 0.0576. The lowest BCUT2D eigenvalue weighted by Crippen LogP contribution is -2.27. The Balaban J connectivity index is 1.36. The number of nitrogens with zero attached hydrogens (tertiary/aromatic N) is 3. The maximum absolute atomic E-state index is 11.5. The molecule has 0 bridgehead atoms. The topological polar surface area (TPSA) is 110 Å². The van der Waals surface area contributed by atoms with E-state index in [-0.39, 0.29) is 11.7 Å². The Bertz CT molecular complexity index is 1380. The minimum Gasteiger partial charge on any atom is -0.508 e. The summed E-state index contributed by atoms with van der Waals surface area (Å²) in [5.74, 6) is 1.06. The molecule has 174 valence electrons. The van der Waals surface area contributed by atoms with E-state index >= 15 is 0 Å². The van der Waals surface area contributed by atoms with Crippen LogP contribution >= 0.6 is 0 Å². The number of nitrogens with one attached hydrogen (secondary N) is 3. The SMILES string of the molecule is CCc1cc(O)ccc1-c1ccc2c(-c3ncc(C4=CCN(CCC(=O)NC)C4)[nH]3)n[nH]c2c1. The first kappa shape index (κ1) is 21.9. The Labute approximate surface area is 197 Å². The number of aromatic nitrogens is 4. The highest BCUT2D eigenvalue weighted by molar-refractivity contribution is 5.94. The largest absolute Gasteiger partial charge is 0.508 e. The fourth-order valence-corrected chi connectivity index (χ4v) is 4.49. The van der Waals surface area contributed by atoms with Crippen LogP contribution in [0, 0.1) is 0 Å². The first-order valence-corrected chi connectivity index (χ1v) is 11.5. The summed E-state index contributed by atoms with van der Waals surface area (Å²) < 4.78 is 0. The maximum atomic E-state index is 11.5. The van der Waals surface area contributed by atoms with Crippen LogP contribution in [0.15, 0.2) is 48.7 Å². The lowest BCUT2D eigenvalue weighted by Gasteiger charge is -2.14. The van der Waals surface area contributed by atoms with Crippen LogP contribution in [0.5, 0.6) is 5.75 Å². The highest BCUT2D eigenvalue weighted by Gasteiger charge is 2.19. The van der Waals surface area contributed by atoms with Crippen molar-refractivity contribution in [2.45, 2.75) is 19.8 Å². The summed E-state index contributed by atoms with van der Waals surface area (Å²) in [4.78, 5) is 21.8. The van der Waals surface area contributed by atoms with Gasteiger partial charge in [0.2, 0.25) is 5.91 Å². The zero-order valence-corrected chi connectivity index (χ0v) is 19.4. The number of hydrogen-bond donors (Lipinski definition) is 4. The van der Waals surface area contributed by atoms with Crippen molar-refractivity contribution in [2.75, 3.05) is 26.7 Å². The van der Waals surface area contributed by atoms with Crippen LogP contribution in [-0.2, 0) is 11.2 Å². The van der Waals surface area contributed by atoms with Crippen molar-refractivity contribution in [3.63, 3.8) is 0 Å². The van der Waals surface area contributed by atoms with Gasteiger partial charge in [-0.2, -0.15) is 5.10 Å². The van der Waals surface area contributed by atoms with Crippen molar-refractivity contribution in [3.8, 4) is 28.4 Å². The molecular formula is C26H28N6O2. The quantitative estimate of drug-likeness (QED) is 0.339. The van der Waals surface area contributed by atoms with E-state index in [4.69, 9.17) is 0 Å². The zero-order chi connectivity index (χ0) is 23.7. The van der Waals surface area contributed by atoms with Gasteiger partial charge in [0, 0.05) is 38.5 Å². The van der Waals surface area contributed by atoms with Gasteiger partial charge in [0.15, 0.2) is 5.82 Å². The molecule has 0 unspecified atom stereocenters. The second-order valence-corrected chi connectivity index (χ2v) is 8.56. The first-order chi connectivity index (χ1) is 16.6. The smallest absolute Gasteiger partial charge is 0.221 e. The Morgan fingerprint density at radius 2 is 2.12 bits per heavy atom. The van der Waals surface area contributed by atoms with E-state index in [2.05, 4.69) is 61.6 Å². The van der Waals surface area contributed by atoms with Crippen molar-refractivity contribution in [2.24, 2.45) is 0 Å². The normalized spacial score (nSPS) is 14.0. The average molecular weight is 457 g/mol. The van der Waals surface area contributed by atoms with Crippen LogP contribution in [-0.4, -0.2) is 62.8 Å². The van der Waals surface area contributed by atoms with Crippen LogP contribution < -0.4 is 5.32 Å². The molecule has 0 spiro atoms. The van der Waals surface area contributed by atoms with Gasteiger partial charge in [-0.05, 0) is 52.9 Å². The minimum absolute atomic E-state index is 0.0576. The van der Waals surface area contributed by atoms with Gasteiger partial charge in [-0.3, -0.25) is 14.8 Å². The van der Waals surface area contributed by atoms with Gasteiger partial charge in [-0.15, -0.1) is 0 Å². The standard InChI is InChI=1S/C26H28N6O2/c1-3-16-12-19(33)5-7-20(16)17-4-6-21-22(13-17)30-31-25(21)26-28-14-23(29-26)18-8-10-32(15-18)11-9-24(34)27-2/h4-8,12-14,33H,3,9-11,15H2,1-2H3,(H,27,34)(H,28,29)(H,30,31).